The number of rotatable bonds is 3. The van der Waals surface area contributed by atoms with E-state index in [1.165, 1.54) is 24.6 Å². The average molecular weight is 317 g/mol. The van der Waals surface area contributed by atoms with Gasteiger partial charge in [0.1, 0.15) is 11.5 Å². The number of oxazole rings is 1. The van der Waals surface area contributed by atoms with Crippen molar-refractivity contribution in [3.63, 3.8) is 0 Å². The molecular weight excluding hydrogens is 305 g/mol. The number of halogens is 1. The summed E-state index contributed by atoms with van der Waals surface area (Å²) in [5.41, 5.74) is 1.49. The Bertz CT molecular complexity index is 915. The number of aromatic nitrogens is 1. The Kier molecular flexibility index (Phi) is 3.54. The molecule has 0 aliphatic heterocycles. The first kappa shape index (κ1) is 14.5. The van der Waals surface area contributed by atoms with Gasteiger partial charge in [0.2, 0.25) is 0 Å². The largest absolute Gasteiger partial charge is 0.443 e. The van der Waals surface area contributed by atoms with Crippen LogP contribution in [0, 0.1) is 5.82 Å². The quantitative estimate of drug-likeness (QED) is 0.741. The molecule has 0 aliphatic carbocycles. The maximum absolute atomic E-state index is 13.0. The highest BCUT2D eigenvalue weighted by atomic mass is 32.2. The van der Waals surface area contributed by atoms with Gasteiger partial charge < -0.3 is 4.42 Å². The van der Waals surface area contributed by atoms with Gasteiger partial charge in [0.25, 0.3) is 0 Å². The predicted octanol–water partition coefficient (Wildman–Crippen LogP) is 3.55. The summed E-state index contributed by atoms with van der Waals surface area (Å²) >= 11 is 0. The molecule has 22 heavy (non-hydrogen) atoms. The van der Waals surface area contributed by atoms with Gasteiger partial charge in [0.15, 0.2) is 22.0 Å². The number of hydrogen-bond acceptors (Lipinski definition) is 4. The summed E-state index contributed by atoms with van der Waals surface area (Å²) in [6.45, 7) is 0. The number of sulfone groups is 1. The van der Waals surface area contributed by atoms with E-state index >= 15 is 0 Å². The standard InChI is InChI=1S/C16H12FNO3S/c1-22(19,20)14-5-3-2-4-13(14)15-16(21-10-18-15)11-6-8-12(17)9-7-11/h2-10H,1H3. The first-order chi connectivity index (χ1) is 10.5. The third kappa shape index (κ3) is 2.65. The van der Waals surface area contributed by atoms with E-state index in [1.807, 2.05) is 0 Å². The first-order valence-electron chi connectivity index (χ1n) is 6.46. The minimum atomic E-state index is -3.41. The fraction of sp³-hybridized carbons (Fsp3) is 0.0625. The van der Waals surface area contributed by atoms with Crippen LogP contribution in [-0.2, 0) is 9.84 Å². The molecule has 3 aromatic rings. The second kappa shape index (κ2) is 5.38. The summed E-state index contributed by atoms with van der Waals surface area (Å²) in [6, 6.07) is 12.3. The van der Waals surface area contributed by atoms with Crippen molar-refractivity contribution < 1.29 is 17.2 Å². The van der Waals surface area contributed by atoms with E-state index in [1.54, 1.807) is 30.3 Å². The number of hydrogen-bond donors (Lipinski definition) is 0. The molecule has 0 radical (unpaired) electrons. The molecule has 1 aromatic heterocycles. The molecule has 3 rings (SSSR count). The molecule has 0 unspecified atom stereocenters. The summed E-state index contributed by atoms with van der Waals surface area (Å²) in [7, 11) is -3.41. The van der Waals surface area contributed by atoms with Crippen LogP contribution in [0.1, 0.15) is 0 Å². The predicted molar refractivity (Wildman–Crippen MR) is 80.4 cm³/mol. The number of nitrogens with zero attached hydrogens (tertiary/aromatic N) is 1. The molecule has 112 valence electrons. The highest BCUT2D eigenvalue weighted by Gasteiger charge is 2.20. The van der Waals surface area contributed by atoms with Crippen LogP contribution in [0.15, 0.2) is 64.2 Å². The second-order valence-corrected chi connectivity index (χ2v) is 6.79. The first-order valence-corrected chi connectivity index (χ1v) is 8.35. The lowest BCUT2D eigenvalue weighted by molar-refractivity contribution is 0.571. The van der Waals surface area contributed by atoms with Crippen LogP contribution in [-0.4, -0.2) is 19.7 Å². The van der Waals surface area contributed by atoms with E-state index in [0.29, 0.717) is 22.6 Å². The number of benzene rings is 2. The van der Waals surface area contributed by atoms with Gasteiger partial charge in [-0.25, -0.2) is 17.8 Å². The lowest BCUT2D eigenvalue weighted by Crippen LogP contribution is -2.00. The maximum Gasteiger partial charge on any atom is 0.182 e. The maximum atomic E-state index is 13.0. The lowest BCUT2D eigenvalue weighted by Gasteiger charge is -2.07. The van der Waals surface area contributed by atoms with Crippen LogP contribution < -0.4 is 0 Å². The van der Waals surface area contributed by atoms with Crippen molar-refractivity contribution >= 4 is 9.84 Å². The van der Waals surface area contributed by atoms with Gasteiger partial charge in [-0.05, 0) is 30.3 Å². The zero-order chi connectivity index (χ0) is 15.7. The lowest BCUT2D eigenvalue weighted by atomic mass is 10.1. The Morgan fingerprint density at radius 2 is 1.73 bits per heavy atom. The molecule has 0 aliphatic rings. The highest BCUT2D eigenvalue weighted by Crippen LogP contribution is 2.34. The van der Waals surface area contributed by atoms with Gasteiger partial charge in [-0.15, -0.1) is 0 Å². The molecule has 0 spiro atoms. The summed E-state index contributed by atoms with van der Waals surface area (Å²) in [4.78, 5) is 4.31. The zero-order valence-corrected chi connectivity index (χ0v) is 12.5. The molecule has 0 fully saturated rings. The van der Waals surface area contributed by atoms with Crippen molar-refractivity contribution in [1.82, 2.24) is 4.98 Å². The van der Waals surface area contributed by atoms with Crippen molar-refractivity contribution in [2.75, 3.05) is 6.26 Å². The Balaban J connectivity index is 2.20. The summed E-state index contributed by atoms with van der Waals surface area (Å²) in [5, 5.41) is 0. The molecule has 0 bridgehead atoms. The van der Waals surface area contributed by atoms with Crippen LogP contribution >= 0.6 is 0 Å². The van der Waals surface area contributed by atoms with Crippen molar-refractivity contribution in [2.45, 2.75) is 4.90 Å². The summed E-state index contributed by atoms with van der Waals surface area (Å²) in [5.74, 6) is 0.0393. The van der Waals surface area contributed by atoms with E-state index in [2.05, 4.69) is 4.98 Å². The normalized spacial score (nSPS) is 11.5. The Hall–Kier alpha value is -2.47. The molecule has 0 atom stereocenters. The minimum absolute atomic E-state index is 0.173. The van der Waals surface area contributed by atoms with Crippen LogP contribution in [0.4, 0.5) is 4.39 Å². The smallest absolute Gasteiger partial charge is 0.182 e. The zero-order valence-electron chi connectivity index (χ0n) is 11.7. The molecule has 2 aromatic carbocycles. The third-order valence-electron chi connectivity index (χ3n) is 3.22. The molecular formula is C16H12FNO3S. The topological polar surface area (TPSA) is 60.2 Å². The fourth-order valence-electron chi connectivity index (χ4n) is 2.23. The molecule has 1 heterocycles. The van der Waals surface area contributed by atoms with Crippen molar-refractivity contribution in [3.05, 3.63) is 60.7 Å². The van der Waals surface area contributed by atoms with E-state index < -0.39 is 9.84 Å². The van der Waals surface area contributed by atoms with Crippen LogP contribution in [0.3, 0.4) is 0 Å². The Labute approximate surface area is 127 Å². The third-order valence-corrected chi connectivity index (χ3v) is 4.37. The van der Waals surface area contributed by atoms with E-state index in [-0.39, 0.29) is 10.7 Å². The van der Waals surface area contributed by atoms with E-state index in [0.717, 1.165) is 6.26 Å². The Morgan fingerprint density at radius 1 is 1.05 bits per heavy atom. The van der Waals surface area contributed by atoms with Gasteiger partial charge in [-0.1, -0.05) is 18.2 Å². The molecule has 4 nitrogen and oxygen atoms in total. The minimum Gasteiger partial charge on any atom is -0.443 e. The van der Waals surface area contributed by atoms with Crippen molar-refractivity contribution in [2.24, 2.45) is 0 Å². The second-order valence-electron chi connectivity index (χ2n) is 4.81. The van der Waals surface area contributed by atoms with Gasteiger partial charge in [0.05, 0.1) is 4.90 Å². The molecule has 0 N–H and O–H groups in total. The molecule has 0 saturated heterocycles. The van der Waals surface area contributed by atoms with E-state index in [9.17, 15) is 12.8 Å². The highest BCUT2D eigenvalue weighted by molar-refractivity contribution is 7.90. The molecule has 0 amide bonds. The van der Waals surface area contributed by atoms with Gasteiger partial charge in [-0.2, -0.15) is 0 Å². The van der Waals surface area contributed by atoms with E-state index in [4.69, 9.17) is 4.42 Å². The van der Waals surface area contributed by atoms with Crippen LogP contribution in [0.25, 0.3) is 22.6 Å². The van der Waals surface area contributed by atoms with Gasteiger partial charge in [-0.3, -0.25) is 0 Å². The van der Waals surface area contributed by atoms with Gasteiger partial charge >= 0.3 is 0 Å². The molecule has 6 heteroatoms. The fourth-order valence-corrected chi connectivity index (χ4v) is 3.12. The SMILES string of the molecule is CS(=O)(=O)c1ccccc1-c1ncoc1-c1ccc(F)cc1. The van der Waals surface area contributed by atoms with Crippen LogP contribution in [0.5, 0.6) is 0 Å². The average Bonchev–Trinajstić information content (AvgIpc) is 2.96. The van der Waals surface area contributed by atoms with Gasteiger partial charge in [0, 0.05) is 17.4 Å². The van der Waals surface area contributed by atoms with Crippen molar-refractivity contribution in [3.8, 4) is 22.6 Å². The monoisotopic (exact) mass is 317 g/mol. The summed E-state index contributed by atoms with van der Waals surface area (Å²) < 4.78 is 42.3. The van der Waals surface area contributed by atoms with Crippen molar-refractivity contribution in [1.29, 1.82) is 0 Å². The van der Waals surface area contributed by atoms with Crippen LogP contribution in [0.2, 0.25) is 0 Å². The molecule has 0 saturated carbocycles. The Morgan fingerprint density at radius 3 is 2.41 bits per heavy atom. The summed E-state index contributed by atoms with van der Waals surface area (Å²) in [6.07, 6.45) is 2.39.